The maximum Gasteiger partial charge on any atom is 0.269 e. The summed E-state index contributed by atoms with van der Waals surface area (Å²) in [7, 11) is 1.64. The third kappa shape index (κ3) is 3.92. The number of hydrogen-bond donors (Lipinski definition) is 2. The molecule has 2 aromatic rings. The van der Waals surface area contributed by atoms with E-state index in [9.17, 15) is 4.79 Å². The summed E-state index contributed by atoms with van der Waals surface area (Å²) >= 11 is 0. The number of amides is 1. The van der Waals surface area contributed by atoms with E-state index in [0.717, 1.165) is 29.8 Å². The van der Waals surface area contributed by atoms with Crippen molar-refractivity contribution in [1.29, 1.82) is 0 Å². The van der Waals surface area contributed by atoms with Gasteiger partial charge in [0.2, 0.25) is 0 Å². The van der Waals surface area contributed by atoms with E-state index in [1.54, 1.807) is 13.2 Å². The number of nitrogens with one attached hydrogen (secondary N) is 2. The predicted molar refractivity (Wildman–Crippen MR) is 89.5 cm³/mol. The normalized spacial score (nSPS) is 15.9. The maximum absolute atomic E-state index is 12.4. The Kier molecular flexibility index (Phi) is 4.95. The van der Waals surface area contributed by atoms with Crippen LogP contribution in [-0.4, -0.2) is 29.3 Å². The highest BCUT2D eigenvalue weighted by molar-refractivity contribution is 5.93. The number of hydrogen-bond acceptors (Lipinski definition) is 3. The van der Waals surface area contributed by atoms with Crippen molar-refractivity contribution in [3.63, 3.8) is 0 Å². The molecule has 5 heteroatoms. The zero-order valence-corrected chi connectivity index (χ0v) is 13.5. The molecule has 1 aliphatic carbocycles. The van der Waals surface area contributed by atoms with E-state index >= 15 is 0 Å². The molecular formula is C18H23N3O2. The number of benzene rings is 1. The van der Waals surface area contributed by atoms with Gasteiger partial charge in [0, 0.05) is 11.6 Å². The molecule has 23 heavy (non-hydrogen) atoms. The summed E-state index contributed by atoms with van der Waals surface area (Å²) in [6, 6.07) is 9.72. The van der Waals surface area contributed by atoms with E-state index in [4.69, 9.17) is 4.74 Å². The Morgan fingerprint density at radius 3 is 2.52 bits per heavy atom. The van der Waals surface area contributed by atoms with E-state index in [1.165, 1.54) is 25.7 Å². The first kappa shape index (κ1) is 15.6. The molecule has 0 unspecified atom stereocenters. The number of carbonyl (C=O) groups is 1. The van der Waals surface area contributed by atoms with Crippen molar-refractivity contribution in [2.45, 2.75) is 44.6 Å². The lowest BCUT2D eigenvalue weighted by atomic mass is 10.1. The van der Waals surface area contributed by atoms with Crippen LogP contribution in [0.1, 0.15) is 49.0 Å². The van der Waals surface area contributed by atoms with Crippen LogP contribution in [0, 0.1) is 0 Å². The molecule has 1 heterocycles. The number of rotatable bonds is 4. The second-order valence-electron chi connectivity index (χ2n) is 6.06. The Morgan fingerprint density at radius 2 is 1.87 bits per heavy atom. The first-order valence-electron chi connectivity index (χ1n) is 8.27. The molecule has 0 aliphatic heterocycles. The van der Waals surface area contributed by atoms with E-state index in [2.05, 4.69) is 15.5 Å². The van der Waals surface area contributed by atoms with E-state index in [1.807, 2.05) is 24.3 Å². The fourth-order valence-electron chi connectivity index (χ4n) is 3.03. The molecule has 1 aromatic carbocycles. The summed E-state index contributed by atoms with van der Waals surface area (Å²) in [5.41, 5.74) is 2.23. The fourth-order valence-corrected chi connectivity index (χ4v) is 3.03. The third-order valence-electron chi connectivity index (χ3n) is 4.40. The second-order valence-corrected chi connectivity index (χ2v) is 6.06. The topological polar surface area (TPSA) is 67.0 Å². The van der Waals surface area contributed by atoms with Gasteiger partial charge >= 0.3 is 0 Å². The van der Waals surface area contributed by atoms with Crippen molar-refractivity contribution in [2.24, 2.45) is 0 Å². The predicted octanol–water partition coefficient (Wildman–Crippen LogP) is 3.54. The molecule has 0 spiro atoms. The molecule has 3 rings (SSSR count). The molecule has 0 saturated heterocycles. The smallest absolute Gasteiger partial charge is 0.269 e. The highest BCUT2D eigenvalue weighted by atomic mass is 16.5. The van der Waals surface area contributed by atoms with Gasteiger partial charge in [-0.15, -0.1) is 0 Å². The van der Waals surface area contributed by atoms with Crippen LogP contribution in [0.2, 0.25) is 0 Å². The number of nitrogens with zero attached hydrogens (tertiary/aromatic N) is 1. The quantitative estimate of drug-likeness (QED) is 0.848. The minimum atomic E-state index is -0.0656. The van der Waals surface area contributed by atoms with Gasteiger partial charge in [0.1, 0.15) is 11.4 Å². The molecule has 0 atom stereocenters. The Morgan fingerprint density at radius 1 is 1.17 bits per heavy atom. The number of carbonyl (C=O) groups excluding carboxylic acids is 1. The summed E-state index contributed by atoms with van der Waals surface area (Å²) in [5, 5.41) is 10.2. The van der Waals surface area contributed by atoms with Crippen LogP contribution in [0.3, 0.4) is 0 Å². The average Bonchev–Trinajstić information content (AvgIpc) is 2.94. The molecular weight excluding hydrogens is 290 g/mol. The van der Waals surface area contributed by atoms with Crippen molar-refractivity contribution in [3.8, 4) is 17.0 Å². The third-order valence-corrected chi connectivity index (χ3v) is 4.40. The number of ether oxygens (including phenoxy) is 1. The molecule has 1 aliphatic rings. The Bertz CT molecular complexity index is 641. The molecule has 0 bridgehead atoms. The molecule has 5 nitrogen and oxygen atoms in total. The maximum atomic E-state index is 12.4. The highest BCUT2D eigenvalue weighted by Crippen LogP contribution is 2.22. The minimum absolute atomic E-state index is 0.0656. The number of aromatic amines is 1. The number of methoxy groups -OCH3 is 1. The Labute approximate surface area is 136 Å². The molecule has 1 saturated carbocycles. The summed E-state index contributed by atoms with van der Waals surface area (Å²) in [5.74, 6) is 0.736. The molecule has 1 aromatic heterocycles. The molecule has 0 radical (unpaired) electrons. The van der Waals surface area contributed by atoms with Crippen molar-refractivity contribution < 1.29 is 9.53 Å². The SMILES string of the molecule is COc1ccc(-c2cc(C(=O)NC3CCCCCC3)[nH]n2)cc1. The van der Waals surface area contributed by atoms with Crippen molar-refractivity contribution in [1.82, 2.24) is 15.5 Å². The van der Waals surface area contributed by atoms with Gasteiger partial charge in [0.25, 0.3) is 5.91 Å². The summed E-state index contributed by atoms with van der Waals surface area (Å²) < 4.78 is 5.15. The minimum Gasteiger partial charge on any atom is -0.497 e. The fraction of sp³-hybridized carbons (Fsp3) is 0.444. The van der Waals surface area contributed by atoms with Gasteiger partial charge in [-0.25, -0.2) is 0 Å². The molecule has 1 amide bonds. The van der Waals surface area contributed by atoms with Gasteiger partial charge in [-0.2, -0.15) is 5.10 Å². The Balaban J connectivity index is 1.66. The zero-order valence-electron chi connectivity index (χ0n) is 13.5. The lowest BCUT2D eigenvalue weighted by Gasteiger charge is -2.15. The Hall–Kier alpha value is -2.30. The van der Waals surface area contributed by atoms with Gasteiger partial charge in [0.05, 0.1) is 12.8 Å². The highest BCUT2D eigenvalue weighted by Gasteiger charge is 2.17. The summed E-state index contributed by atoms with van der Waals surface area (Å²) in [6.45, 7) is 0. The average molecular weight is 313 g/mol. The van der Waals surface area contributed by atoms with Crippen LogP contribution < -0.4 is 10.1 Å². The first-order chi connectivity index (χ1) is 11.3. The van der Waals surface area contributed by atoms with Crippen LogP contribution in [0.4, 0.5) is 0 Å². The van der Waals surface area contributed by atoms with Crippen molar-refractivity contribution >= 4 is 5.91 Å². The van der Waals surface area contributed by atoms with Gasteiger partial charge in [-0.05, 0) is 43.2 Å². The largest absolute Gasteiger partial charge is 0.497 e. The van der Waals surface area contributed by atoms with Crippen LogP contribution in [0.15, 0.2) is 30.3 Å². The zero-order chi connectivity index (χ0) is 16.1. The van der Waals surface area contributed by atoms with Crippen LogP contribution >= 0.6 is 0 Å². The lowest BCUT2D eigenvalue weighted by Crippen LogP contribution is -2.34. The van der Waals surface area contributed by atoms with Crippen LogP contribution in [0.25, 0.3) is 11.3 Å². The molecule has 2 N–H and O–H groups in total. The first-order valence-corrected chi connectivity index (χ1v) is 8.27. The lowest BCUT2D eigenvalue weighted by molar-refractivity contribution is 0.0928. The van der Waals surface area contributed by atoms with E-state index in [-0.39, 0.29) is 11.9 Å². The number of aromatic nitrogens is 2. The van der Waals surface area contributed by atoms with Gasteiger partial charge in [0.15, 0.2) is 0 Å². The number of H-pyrrole nitrogens is 1. The molecule has 122 valence electrons. The summed E-state index contributed by atoms with van der Waals surface area (Å²) in [4.78, 5) is 12.4. The van der Waals surface area contributed by atoms with Crippen molar-refractivity contribution in [3.05, 3.63) is 36.0 Å². The van der Waals surface area contributed by atoms with Gasteiger partial charge in [-0.3, -0.25) is 9.89 Å². The van der Waals surface area contributed by atoms with E-state index in [0.29, 0.717) is 5.69 Å². The van der Waals surface area contributed by atoms with E-state index < -0.39 is 0 Å². The monoisotopic (exact) mass is 313 g/mol. The van der Waals surface area contributed by atoms with Crippen LogP contribution in [-0.2, 0) is 0 Å². The van der Waals surface area contributed by atoms with Crippen LogP contribution in [0.5, 0.6) is 5.75 Å². The summed E-state index contributed by atoms with van der Waals surface area (Å²) in [6.07, 6.45) is 7.10. The van der Waals surface area contributed by atoms with Crippen molar-refractivity contribution in [2.75, 3.05) is 7.11 Å². The van der Waals surface area contributed by atoms with Gasteiger partial charge < -0.3 is 10.1 Å². The second kappa shape index (κ2) is 7.31. The standard InChI is InChI=1S/C18H23N3O2/c1-23-15-10-8-13(9-11-15)16-12-17(21-20-16)18(22)19-14-6-4-2-3-5-7-14/h8-12,14H,2-7H2,1H3,(H,19,22)(H,20,21). The molecule has 1 fully saturated rings. The van der Waals surface area contributed by atoms with Gasteiger partial charge in [-0.1, -0.05) is 25.7 Å².